The number of hydrogen-bond donors (Lipinski definition) is 1. The van der Waals surface area contributed by atoms with Gasteiger partial charge in [0.25, 0.3) is 0 Å². The van der Waals surface area contributed by atoms with Crippen LogP contribution in [0.15, 0.2) is 48.5 Å². The highest BCUT2D eigenvalue weighted by molar-refractivity contribution is 5.95. The van der Waals surface area contributed by atoms with Gasteiger partial charge < -0.3 is 14.6 Å². The smallest absolute Gasteiger partial charge is 0.162 e. The highest BCUT2D eigenvalue weighted by Gasteiger charge is 2.12. The first-order valence-electron chi connectivity index (χ1n) is 8.78. The molecule has 2 aromatic carbocycles. The van der Waals surface area contributed by atoms with E-state index in [-0.39, 0.29) is 12.4 Å². The van der Waals surface area contributed by atoms with Crippen molar-refractivity contribution in [2.24, 2.45) is 0 Å². The van der Waals surface area contributed by atoms with Crippen LogP contribution in [0, 0.1) is 0 Å². The van der Waals surface area contributed by atoms with E-state index in [2.05, 4.69) is 0 Å². The maximum Gasteiger partial charge on any atom is 0.162 e. The Morgan fingerprint density at radius 1 is 1.15 bits per heavy atom. The van der Waals surface area contributed by atoms with Gasteiger partial charge in [-0.15, -0.1) is 0 Å². The van der Waals surface area contributed by atoms with Gasteiger partial charge >= 0.3 is 0 Å². The predicted molar refractivity (Wildman–Crippen MR) is 102 cm³/mol. The number of benzene rings is 2. The minimum atomic E-state index is -0.619. The zero-order valence-electron chi connectivity index (χ0n) is 15.6. The molecular weight excluding hydrogens is 330 g/mol. The fourth-order valence-corrected chi connectivity index (χ4v) is 2.74. The van der Waals surface area contributed by atoms with E-state index >= 15 is 0 Å². The second-order valence-electron chi connectivity index (χ2n) is 6.27. The molecule has 0 radical (unpaired) electrons. The van der Waals surface area contributed by atoms with Crippen LogP contribution in [-0.4, -0.2) is 49.2 Å². The van der Waals surface area contributed by atoms with Crippen molar-refractivity contribution in [3.63, 3.8) is 0 Å². The Bertz CT molecular complexity index is 699. The molecule has 0 aromatic heterocycles. The number of likely N-dealkylation sites (N-methyl/N-ethyl adjacent to an activating group) is 1. The van der Waals surface area contributed by atoms with E-state index in [1.165, 1.54) is 0 Å². The summed E-state index contributed by atoms with van der Waals surface area (Å²) >= 11 is 0. The van der Waals surface area contributed by atoms with Gasteiger partial charge in [0.05, 0.1) is 7.11 Å². The number of para-hydroxylation sites is 1. The zero-order valence-corrected chi connectivity index (χ0v) is 15.6. The lowest BCUT2D eigenvalue weighted by atomic mass is 10.1. The van der Waals surface area contributed by atoms with Gasteiger partial charge in [-0.3, -0.25) is 9.69 Å². The van der Waals surface area contributed by atoms with Crippen molar-refractivity contribution in [3.05, 3.63) is 59.7 Å². The Morgan fingerprint density at radius 3 is 2.50 bits per heavy atom. The molecule has 1 N–H and O–H groups in total. The van der Waals surface area contributed by atoms with Crippen LogP contribution < -0.4 is 9.47 Å². The van der Waals surface area contributed by atoms with Gasteiger partial charge in [-0.05, 0) is 37.4 Å². The molecule has 0 heterocycles. The first-order valence-corrected chi connectivity index (χ1v) is 8.78. The van der Waals surface area contributed by atoms with Crippen LogP contribution in [0.25, 0.3) is 0 Å². The lowest BCUT2D eigenvalue weighted by Crippen LogP contribution is -2.32. The molecule has 5 nitrogen and oxygen atoms in total. The second kappa shape index (κ2) is 9.94. The Labute approximate surface area is 155 Å². The summed E-state index contributed by atoms with van der Waals surface area (Å²) in [5.74, 6) is 1.59. The number of rotatable bonds is 10. The van der Waals surface area contributed by atoms with Gasteiger partial charge in [-0.2, -0.15) is 0 Å². The summed E-state index contributed by atoms with van der Waals surface area (Å²) in [5.41, 5.74) is 1.75. The third kappa shape index (κ3) is 5.86. The highest BCUT2D eigenvalue weighted by Crippen LogP contribution is 2.19. The van der Waals surface area contributed by atoms with E-state index in [4.69, 9.17) is 9.47 Å². The number of ether oxygens (including phenoxy) is 2. The van der Waals surface area contributed by atoms with Crippen LogP contribution in [0.3, 0.4) is 0 Å². The van der Waals surface area contributed by atoms with Crippen molar-refractivity contribution in [2.75, 3.05) is 27.3 Å². The lowest BCUT2D eigenvalue weighted by Gasteiger charge is -2.21. The van der Waals surface area contributed by atoms with Gasteiger partial charge in [-0.25, -0.2) is 0 Å². The zero-order chi connectivity index (χ0) is 18.9. The molecule has 0 bridgehead atoms. The molecule has 5 heteroatoms. The molecule has 0 aliphatic carbocycles. The third-order valence-electron chi connectivity index (χ3n) is 4.09. The quantitative estimate of drug-likeness (QED) is 0.662. The number of carbonyl (C=O) groups excluding carboxylic acids is 1. The SMILES string of the molecule is CCC(=O)c1ccc(OC[C@H](O)CN(C)Cc2ccccc2OC)cc1. The molecule has 2 aromatic rings. The summed E-state index contributed by atoms with van der Waals surface area (Å²) in [6.45, 7) is 3.18. The lowest BCUT2D eigenvalue weighted by molar-refractivity contribution is 0.0741. The van der Waals surface area contributed by atoms with Gasteiger partial charge in [0.2, 0.25) is 0 Å². The van der Waals surface area contributed by atoms with Crippen LogP contribution in [-0.2, 0) is 6.54 Å². The number of carbonyl (C=O) groups is 1. The van der Waals surface area contributed by atoms with E-state index in [1.807, 2.05) is 43.1 Å². The average molecular weight is 357 g/mol. The Hall–Kier alpha value is -2.37. The molecule has 0 unspecified atom stereocenters. The predicted octanol–water partition coefficient (Wildman–Crippen LogP) is 3.16. The van der Waals surface area contributed by atoms with Crippen molar-refractivity contribution in [2.45, 2.75) is 26.0 Å². The van der Waals surface area contributed by atoms with Crippen LogP contribution >= 0.6 is 0 Å². The number of aliphatic hydroxyl groups is 1. The first-order chi connectivity index (χ1) is 12.5. The number of nitrogens with zero attached hydrogens (tertiary/aromatic N) is 1. The average Bonchev–Trinajstić information content (AvgIpc) is 2.66. The van der Waals surface area contributed by atoms with Gasteiger partial charge in [-0.1, -0.05) is 25.1 Å². The van der Waals surface area contributed by atoms with E-state index in [0.717, 1.165) is 11.3 Å². The van der Waals surface area contributed by atoms with Gasteiger partial charge in [0.1, 0.15) is 24.2 Å². The molecule has 0 fully saturated rings. The third-order valence-corrected chi connectivity index (χ3v) is 4.09. The Kier molecular flexibility index (Phi) is 7.63. The summed E-state index contributed by atoms with van der Waals surface area (Å²) in [5, 5.41) is 10.2. The molecule has 140 valence electrons. The fourth-order valence-electron chi connectivity index (χ4n) is 2.74. The molecule has 0 saturated carbocycles. The largest absolute Gasteiger partial charge is 0.496 e. The van der Waals surface area contributed by atoms with E-state index < -0.39 is 6.10 Å². The van der Waals surface area contributed by atoms with Crippen LogP contribution in [0.5, 0.6) is 11.5 Å². The number of methoxy groups -OCH3 is 1. The van der Waals surface area contributed by atoms with Crippen molar-refractivity contribution in [3.8, 4) is 11.5 Å². The minimum Gasteiger partial charge on any atom is -0.496 e. The van der Waals surface area contributed by atoms with Crippen LogP contribution in [0.2, 0.25) is 0 Å². The molecule has 0 aliphatic rings. The Balaban J connectivity index is 1.80. The van der Waals surface area contributed by atoms with Gasteiger partial charge in [0, 0.05) is 30.6 Å². The van der Waals surface area contributed by atoms with Crippen molar-refractivity contribution >= 4 is 5.78 Å². The van der Waals surface area contributed by atoms with Crippen LogP contribution in [0.1, 0.15) is 29.3 Å². The molecule has 0 amide bonds. The van der Waals surface area contributed by atoms with E-state index in [0.29, 0.717) is 30.8 Å². The summed E-state index contributed by atoms with van der Waals surface area (Å²) in [7, 11) is 3.60. The fraction of sp³-hybridized carbons (Fsp3) is 0.381. The molecule has 0 spiro atoms. The molecule has 0 aliphatic heterocycles. The number of ketones is 1. The summed E-state index contributed by atoms with van der Waals surface area (Å²) in [6, 6.07) is 14.9. The summed E-state index contributed by atoms with van der Waals surface area (Å²) in [6.07, 6.45) is -0.135. The maximum atomic E-state index is 11.6. The number of hydrogen-bond acceptors (Lipinski definition) is 5. The minimum absolute atomic E-state index is 0.106. The molecule has 2 rings (SSSR count). The topological polar surface area (TPSA) is 59.0 Å². The second-order valence-corrected chi connectivity index (χ2v) is 6.27. The van der Waals surface area contributed by atoms with Gasteiger partial charge in [0.15, 0.2) is 5.78 Å². The van der Waals surface area contributed by atoms with Crippen molar-refractivity contribution in [1.82, 2.24) is 4.90 Å². The first kappa shape index (κ1) is 19.9. The maximum absolute atomic E-state index is 11.6. The van der Waals surface area contributed by atoms with Crippen molar-refractivity contribution in [1.29, 1.82) is 0 Å². The molecular formula is C21H27NO4. The highest BCUT2D eigenvalue weighted by atomic mass is 16.5. The number of aliphatic hydroxyl groups excluding tert-OH is 1. The Morgan fingerprint density at radius 2 is 1.85 bits per heavy atom. The van der Waals surface area contributed by atoms with Crippen LogP contribution in [0.4, 0.5) is 0 Å². The number of Topliss-reactive ketones (excluding diaryl/α,β-unsaturated/α-hetero) is 1. The molecule has 26 heavy (non-hydrogen) atoms. The standard InChI is InChI=1S/C21H27NO4/c1-4-20(24)16-9-11-19(12-10-16)26-15-18(23)14-22(2)13-17-7-5-6-8-21(17)25-3/h5-12,18,23H,4,13-15H2,1-3H3/t18-/m1/s1. The molecule has 0 saturated heterocycles. The van der Waals surface area contributed by atoms with Crippen molar-refractivity contribution < 1.29 is 19.4 Å². The monoisotopic (exact) mass is 357 g/mol. The summed E-state index contributed by atoms with van der Waals surface area (Å²) in [4.78, 5) is 13.6. The normalized spacial score (nSPS) is 12.0. The molecule has 1 atom stereocenters. The van der Waals surface area contributed by atoms with E-state index in [1.54, 1.807) is 31.4 Å². The van der Waals surface area contributed by atoms with E-state index in [9.17, 15) is 9.90 Å². The summed E-state index contributed by atoms with van der Waals surface area (Å²) < 4.78 is 11.0.